The van der Waals surface area contributed by atoms with E-state index in [1.807, 2.05) is 12.1 Å². The zero-order chi connectivity index (χ0) is 15.0. The van der Waals surface area contributed by atoms with Crippen LogP contribution in [0.3, 0.4) is 0 Å². The van der Waals surface area contributed by atoms with Gasteiger partial charge < -0.3 is 10.2 Å². The van der Waals surface area contributed by atoms with Crippen molar-refractivity contribution in [3.63, 3.8) is 0 Å². The lowest BCUT2D eigenvalue weighted by atomic mass is 9.95. The molecule has 20 heavy (non-hydrogen) atoms. The Hall–Kier alpha value is -2.10. The third-order valence-corrected chi connectivity index (χ3v) is 3.11. The highest BCUT2D eigenvalue weighted by molar-refractivity contribution is 6.19. The molecule has 0 radical (unpaired) electrons. The predicted molar refractivity (Wildman–Crippen MR) is 77.5 cm³/mol. The molecule has 108 valence electrons. The summed E-state index contributed by atoms with van der Waals surface area (Å²) in [6, 6.07) is 7.10. The molecule has 1 aromatic carbocycles. The van der Waals surface area contributed by atoms with Crippen molar-refractivity contribution in [3.05, 3.63) is 41.5 Å². The molecular weight excluding hydrogens is 256 g/mol. The first-order valence-electron chi connectivity index (χ1n) is 6.82. The molecule has 4 nitrogen and oxygen atoms in total. The van der Waals surface area contributed by atoms with Crippen molar-refractivity contribution in [2.45, 2.75) is 39.0 Å². The number of carboxylic acid groups (broad SMARTS) is 2. The van der Waals surface area contributed by atoms with Crippen molar-refractivity contribution < 1.29 is 19.8 Å². The Bertz CT molecular complexity index is 503. The molecule has 0 aromatic heterocycles. The minimum Gasteiger partial charge on any atom is -0.478 e. The van der Waals surface area contributed by atoms with E-state index in [-0.39, 0.29) is 5.57 Å². The summed E-state index contributed by atoms with van der Waals surface area (Å²) in [6.45, 7) is 2.13. The third-order valence-electron chi connectivity index (χ3n) is 3.11. The van der Waals surface area contributed by atoms with E-state index in [0.717, 1.165) is 43.7 Å². The molecule has 4 heteroatoms. The van der Waals surface area contributed by atoms with Gasteiger partial charge in [-0.05, 0) is 24.0 Å². The van der Waals surface area contributed by atoms with E-state index >= 15 is 0 Å². The molecule has 0 heterocycles. The van der Waals surface area contributed by atoms with Gasteiger partial charge in [-0.2, -0.15) is 0 Å². The van der Waals surface area contributed by atoms with Crippen LogP contribution in [0.15, 0.2) is 30.3 Å². The molecule has 0 amide bonds. The summed E-state index contributed by atoms with van der Waals surface area (Å²) in [6.07, 6.45) is 5.88. The lowest BCUT2D eigenvalue weighted by molar-refractivity contribution is -0.133. The van der Waals surface area contributed by atoms with Gasteiger partial charge in [-0.3, -0.25) is 0 Å². The molecule has 0 saturated heterocycles. The Morgan fingerprint density at radius 2 is 1.80 bits per heavy atom. The van der Waals surface area contributed by atoms with Gasteiger partial charge in [0.1, 0.15) is 0 Å². The van der Waals surface area contributed by atoms with Crippen LogP contribution in [0.2, 0.25) is 0 Å². The SMILES string of the molecule is CCCCCCc1ccccc1/C(=C/C(=O)O)C(=O)O. The van der Waals surface area contributed by atoms with Crippen molar-refractivity contribution in [1.82, 2.24) is 0 Å². The van der Waals surface area contributed by atoms with Gasteiger partial charge in [-0.15, -0.1) is 0 Å². The summed E-state index contributed by atoms with van der Waals surface area (Å²) in [7, 11) is 0. The normalized spacial score (nSPS) is 11.3. The predicted octanol–water partition coefficient (Wildman–Crippen LogP) is 3.36. The van der Waals surface area contributed by atoms with Crippen molar-refractivity contribution in [1.29, 1.82) is 0 Å². The zero-order valence-corrected chi connectivity index (χ0v) is 11.6. The molecule has 0 spiro atoms. The second-order valence-corrected chi connectivity index (χ2v) is 4.67. The molecule has 0 aliphatic rings. The van der Waals surface area contributed by atoms with Gasteiger partial charge in [0.05, 0.1) is 5.57 Å². The Morgan fingerprint density at radius 1 is 1.10 bits per heavy atom. The molecule has 0 saturated carbocycles. The van der Waals surface area contributed by atoms with E-state index in [1.54, 1.807) is 12.1 Å². The van der Waals surface area contributed by atoms with Crippen LogP contribution in [-0.2, 0) is 16.0 Å². The summed E-state index contributed by atoms with van der Waals surface area (Å²) in [5, 5.41) is 18.0. The first-order valence-corrected chi connectivity index (χ1v) is 6.82. The maximum atomic E-state index is 11.2. The van der Waals surface area contributed by atoms with Crippen LogP contribution in [-0.4, -0.2) is 22.2 Å². The van der Waals surface area contributed by atoms with Gasteiger partial charge in [0.25, 0.3) is 0 Å². The Labute approximate surface area is 118 Å². The Kier molecular flexibility index (Phi) is 6.50. The summed E-state index contributed by atoms with van der Waals surface area (Å²) < 4.78 is 0. The molecule has 1 aromatic rings. The Balaban J connectivity index is 2.98. The number of hydrogen-bond donors (Lipinski definition) is 2. The molecule has 1 rings (SSSR count). The lowest BCUT2D eigenvalue weighted by Crippen LogP contribution is -2.06. The molecule has 0 fully saturated rings. The number of aliphatic carboxylic acids is 2. The van der Waals surface area contributed by atoms with Crippen LogP contribution in [0.25, 0.3) is 5.57 Å². The molecule has 0 atom stereocenters. The van der Waals surface area contributed by atoms with E-state index < -0.39 is 11.9 Å². The number of carboxylic acids is 2. The van der Waals surface area contributed by atoms with Crippen LogP contribution in [0.1, 0.15) is 43.7 Å². The number of carbonyl (C=O) groups is 2. The number of unbranched alkanes of at least 4 members (excludes halogenated alkanes) is 3. The second kappa shape index (κ2) is 8.15. The summed E-state index contributed by atoms with van der Waals surface area (Å²) in [5.41, 5.74) is 1.22. The standard InChI is InChI=1S/C16H20O4/c1-2-3-4-5-8-12-9-6-7-10-13(12)14(16(19)20)11-15(17)18/h6-7,9-11H,2-5,8H2,1H3,(H,17,18)(H,19,20)/b14-11-. The average Bonchev–Trinajstić information content (AvgIpc) is 2.41. The van der Waals surface area contributed by atoms with Gasteiger partial charge in [0.15, 0.2) is 0 Å². The highest BCUT2D eigenvalue weighted by atomic mass is 16.4. The maximum Gasteiger partial charge on any atom is 0.336 e. The summed E-state index contributed by atoms with van der Waals surface area (Å²) >= 11 is 0. The molecule has 0 aliphatic heterocycles. The van der Waals surface area contributed by atoms with Crippen molar-refractivity contribution in [3.8, 4) is 0 Å². The smallest absolute Gasteiger partial charge is 0.336 e. The van der Waals surface area contributed by atoms with Crippen molar-refractivity contribution in [2.24, 2.45) is 0 Å². The van der Waals surface area contributed by atoms with E-state index in [0.29, 0.717) is 5.56 Å². The summed E-state index contributed by atoms with van der Waals surface area (Å²) in [4.78, 5) is 22.0. The lowest BCUT2D eigenvalue weighted by Gasteiger charge is -2.09. The van der Waals surface area contributed by atoms with Crippen LogP contribution in [0.4, 0.5) is 0 Å². The second-order valence-electron chi connectivity index (χ2n) is 4.67. The van der Waals surface area contributed by atoms with Gasteiger partial charge in [-0.1, -0.05) is 50.5 Å². The number of rotatable bonds is 8. The van der Waals surface area contributed by atoms with E-state index in [4.69, 9.17) is 5.11 Å². The van der Waals surface area contributed by atoms with Gasteiger partial charge in [0, 0.05) is 6.08 Å². The minimum absolute atomic E-state index is 0.163. The first kappa shape index (κ1) is 16.0. The number of hydrogen-bond acceptors (Lipinski definition) is 2. The van der Waals surface area contributed by atoms with Crippen LogP contribution in [0.5, 0.6) is 0 Å². The van der Waals surface area contributed by atoms with E-state index in [9.17, 15) is 14.7 Å². The zero-order valence-electron chi connectivity index (χ0n) is 11.6. The minimum atomic E-state index is -1.25. The number of aryl methyl sites for hydroxylation is 1. The van der Waals surface area contributed by atoms with Crippen molar-refractivity contribution >= 4 is 17.5 Å². The van der Waals surface area contributed by atoms with Crippen molar-refractivity contribution in [2.75, 3.05) is 0 Å². The fourth-order valence-electron chi connectivity index (χ4n) is 2.12. The fourth-order valence-corrected chi connectivity index (χ4v) is 2.12. The molecule has 0 aliphatic carbocycles. The van der Waals surface area contributed by atoms with Gasteiger partial charge >= 0.3 is 11.9 Å². The molecular formula is C16H20O4. The third kappa shape index (κ3) is 4.88. The summed E-state index contributed by atoms with van der Waals surface area (Å²) in [5.74, 6) is -2.46. The highest BCUT2D eigenvalue weighted by Crippen LogP contribution is 2.21. The largest absolute Gasteiger partial charge is 0.478 e. The average molecular weight is 276 g/mol. The highest BCUT2D eigenvalue weighted by Gasteiger charge is 2.15. The van der Waals surface area contributed by atoms with Gasteiger partial charge in [-0.25, -0.2) is 9.59 Å². The van der Waals surface area contributed by atoms with Crippen LogP contribution in [0, 0.1) is 0 Å². The van der Waals surface area contributed by atoms with Gasteiger partial charge in [0.2, 0.25) is 0 Å². The fraction of sp³-hybridized carbons (Fsp3) is 0.375. The Morgan fingerprint density at radius 3 is 2.40 bits per heavy atom. The number of benzene rings is 1. The van der Waals surface area contributed by atoms with Crippen LogP contribution >= 0.6 is 0 Å². The van der Waals surface area contributed by atoms with E-state index in [1.165, 1.54) is 0 Å². The van der Waals surface area contributed by atoms with Crippen LogP contribution < -0.4 is 0 Å². The maximum absolute atomic E-state index is 11.2. The first-order chi connectivity index (χ1) is 9.56. The topological polar surface area (TPSA) is 74.6 Å². The molecule has 0 bridgehead atoms. The molecule has 0 unspecified atom stereocenters. The quantitative estimate of drug-likeness (QED) is 0.564. The molecule has 2 N–H and O–H groups in total. The van der Waals surface area contributed by atoms with E-state index in [2.05, 4.69) is 6.92 Å². The monoisotopic (exact) mass is 276 g/mol.